The Morgan fingerprint density at radius 2 is 1.95 bits per heavy atom. The van der Waals surface area contributed by atoms with E-state index in [4.69, 9.17) is 4.74 Å². The van der Waals surface area contributed by atoms with E-state index >= 15 is 0 Å². The molecule has 0 saturated heterocycles. The Kier molecular flexibility index (Phi) is 3.76. The quantitative estimate of drug-likeness (QED) is 0.548. The number of carbonyl (C=O) groups is 1. The number of carbonyl (C=O) groups excluding carboxylic acids is 1. The van der Waals surface area contributed by atoms with Crippen LogP contribution in [0.4, 0.5) is 0 Å². The number of aliphatic hydroxyl groups excluding tert-OH is 1. The molecule has 0 bridgehead atoms. The number of rotatable bonds is 6. The van der Waals surface area contributed by atoms with E-state index in [1.54, 1.807) is 24.3 Å². The van der Waals surface area contributed by atoms with Gasteiger partial charge in [-0.1, -0.05) is 43.7 Å². The Bertz CT molecular complexity index is 662. The van der Waals surface area contributed by atoms with Crippen LogP contribution in [0.25, 0.3) is 0 Å². The Labute approximate surface area is 124 Å². The summed E-state index contributed by atoms with van der Waals surface area (Å²) in [6, 6.07) is 12.6. The van der Waals surface area contributed by atoms with Gasteiger partial charge in [0.05, 0.1) is 0 Å². The molecule has 21 heavy (non-hydrogen) atoms. The van der Waals surface area contributed by atoms with Crippen LogP contribution in [-0.4, -0.2) is 10.9 Å². The van der Waals surface area contributed by atoms with Crippen LogP contribution in [0, 0.1) is 0 Å². The first kappa shape index (κ1) is 13.8. The third kappa shape index (κ3) is 2.69. The Balaban J connectivity index is 1.90. The zero-order chi connectivity index (χ0) is 14.8. The van der Waals surface area contributed by atoms with Crippen LogP contribution in [0.15, 0.2) is 42.5 Å². The number of ether oxygens (including phenoxy) is 1. The van der Waals surface area contributed by atoms with Crippen LogP contribution in [0.3, 0.4) is 0 Å². The third-order valence-electron chi connectivity index (χ3n) is 3.80. The van der Waals surface area contributed by atoms with Gasteiger partial charge in [-0.15, -0.1) is 0 Å². The van der Waals surface area contributed by atoms with Gasteiger partial charge in [-0.05, 0) is 30.5 Å². The lowest BCUT2D eigenvalue weighted by Crippen LogP contribution is -2.14. The maximum atomic E-state index is 12.6. The highest BCUT2D eigenvalue weighted by molar-refractivity contribution is 6.02. The molecule has 3 rings (SSSR count). The highest BCUT2D eigenvalue weighted by Crippen LogP contribution is 2.50. The van der Waals surface area contributed by atoms with Gasteiger partial charge in [-0.2, -0.15) is 0 Å². The molecule has 3 heteroatoms. The van der Waals surface area contributed by atoms with Crippen LogP contribution >= 0.6 is 0 Å². The van der Waals surface area contributed by atoms with Crippen molar-refractivity contribution in [3.05, 3.63) is 59.2 Å². The fourth-order valence-corrected chi connectivity index (χ4v) is 2.55. The Morgan fingerprint density at radius 1 is 1.19 bits per heavy atom. The number of benzene rings is 2. The number of Topliss-reactive ketones (excluding diaryl/α,β-unsaturated/α-hetero) is 1. The number of ketones is 1. The molecule has 0 fully saturated rings. The maximum Gasteiger partial charge on any atom is 0.196 e. The topological polar surface area (TPSA) is 49.8 Å². The van der Waals surface area contributed by atoms with Gasteiger partial charge in [0, 0.05) is 11.1 Å². The van der Waals surface area contributed by atoms with Crippen molar-refractivity contribution in [1.29, 1.82) is 0 Å². The van der Waals surface area contributed by atoms with Crippen molar-refractivity contribution < 1.29 is 14.6 Å². The fraction of sp³-hybridized carbons (Fsp3) is 0.278. The summed E-state index contributed by atoms with van der Waals surface area (Å²) in [5.74, 6) is 1.42. The van der Waals surface area contributed by atoms with E-state index in [1.807, 2.05) is 18.2 Å². The average molecular weight is 282 g/mol. The zero-order valence-corrected chi connectivity index (χ0v) is 12.0. The molecule has 3 nitrogen and oxygen atoms in total. The second-order valence-electron chi connectivity index (χ2n) is 5.30. The molecule has 0 aliphatic carbocycles. The molecule has 0 spiro atoms. The van der Waals surface area contributed by atoms with Crippen molar-refractivity contribution in [2.45, 2.75) is 32.3 Å². The van der Waals surface area contributed by atoms with Crippen molar-refractivity contribution in [2.75, 3.05) is 0 Å². The molecule has 0 aromatic heterocycles. The standard InChI is InChI=1S/C18H18O3/c1-2-3-9-14-13(10-11-15-18(14)21-15)17(20)16(19)12-7-5-4-6-8-12/h4-8,10-11,16,19H,2-3,9H2,1H3. The van der Waals surface area contributed by atoms with E-state index in [0.29, 0.717) is 11.1 Å². The molecule has 1 aliphatic rings. The largest absolute Gasteiger partial charge is 0.449 e. The number of aliphatic hydroxyl groups is 1. The predicted molar refractivity (Wildman–Crippen MR) is 80.9 cm³/mol. The predicted octanol–water partition coefficient (Wildman–Crippen LogP) is 4.05. The van der Waals surface area contributed by atoms with Gasteiger partial charge in [0.2, 0.25) is 0 Å². The molecular formula is C18H18O3. The summed E-state index contributed by atoms with van der Waals surface area (Å²) in [6.07, 6.45) is 1.74. The van der Waals surface area contributed by atoms with E-state index in [0.717, 1.165) is 36.3 Å². The molecule has 0 amide bonds. The minimum atomic E-state index is -1.12. The lowest BCUT2D eigenvalue weighted by molar-refractivity contribution is 0.0746. The first-order valence-electron chi connectivity index (χ1n) is 7.33. The van der Waals surface area contributed by atoms with Crippen LogP contribution < -0.4 is 4.74 Å². The Hall–Kier alpha value is -2.13. The summed E-state index contributed by atoms with van der Waals surface area (Å²) >= 11 is 0. The van der Waals surface area contributed by atoms with E-state index in [1.165, 1.54) is 0 Å². The van der Waals surface area contributed by atoms with Crippen molar-refractivity contribution in [3.63, 3.8) is 0 Å². The van der Waals surface area contributed by atoms with Gasteiger partial charge in [-0.25, -0.2) is 0 Å². The van der Waals surface area contributed by atoms with Gasteiger partial charge in [-0.3, -0.25) is 4.79 Å². The summed E-state index contributed by atoms with van der Waals surface area (Å²) in [7, 11) is 0. The van der Waals surface area contributed by atoms with Gasteiger partial charge < -0.3 is 9.84 Å². The highest BCUT2D eigenvalue weighted by Gasteiger charge is 2.31. The van der Waals surface area contributed by atoms with Crippen molar-refractivity contribution in [3.8, 4) is 11.5 Å². The lowest BCUT2D eigenvalue weighted by Gasteiger charge is -2.12. The third-order valence-corrected chi connectivity index (χ3v) is 3.80. The number of unbranched alkanes of at least 4 members (excludes halogenated alkanes) is 1. The van der Waals surface area contributed by atoms with Crippen molar-refractivity contribution in [2.24, 2.45) is 0 Å². The molecule has 1 N–H and O–H groups in total. The molecule has 2 aromatic rings. The van der Waals surface area contributed by atoms with E-state index in [-0.39, 0.29) is 5.78 Å². The molecule has 1 atom stereocenters. The Morgan fingerprint density at radius 3 is 2.67 bits per heavy atom. The minimum absolute atomic E-state index is 0.259. The first-order chi connectivity index (χ1) is 10.2. The molecule has 108 valence electrons. The monoisotopic (exact) mass is 282 g/mol. The van der Waals surface area contributed by atoms with Gasteiger partial charge in [0.25, 0.3) is 0 Å². The second-order valence-corrected chi connectivity index (χ2v) is 5.30. The molecule has 0 radical (unpaired) electrons. The molecule has 2 aromatic carbocycles. The van der Waals surface area contributed by atoms with Crippen molar-refractivity contribution in [1.82, 2.24) is 0 Å². The normalized spacial score (nSPS) is 13.2. The number of fused-ring (bicyclic) bond motifs is 1. The SMILES string of the molecule is CCCCc1c(C(=O)C(O)c2ccccc2)ccc2c1O2. The van der Waals surface area contributed by atoms with Crippen LogP contribution in [-0.2, 0) is 6.42 Å². The van der Waals surface area contributed by atoms with E-state index in [2.05, 4.69) is 6.92 Å². The summed E-state index contributed by atoms with van der Waals surface area (Å²) < 4.78 is 5.41. The van der Waals surface area contributed by atoms with Crippen molar-refractivity contribution >= 4 is 5.78 Å². The highest BCUT2D eigenvalue weighted by atomic mass is 16.6. The summed E-state index contributed by atoms with van der Waals surface area (Å²) in [4.78, 5) is 12.6. The van der Waals surface area contributed by atoms with Gasteiger partial charge in [0.1, 0.15) is 6.10 Å². The summed E-state index contributed by atoms with van der Waals surface area (Å²) in [5.41, 5.74) is 2.14. The molecule has 1 aliphatic heterocycles. The zero-order valence-electron chi connectivity index (χ0n) is 12.0. The van der Waals surface area contributed by atoms with E-state index < -0.39 is 6.10 Å². The number of hydrogen-bond acceptors (Lipinski definition) is 3. The number of hydrogen-bond donors (Lipinski definition) is 1. The lowest BCUT2D eigenvalue weighted by atomic mass is 9.94. The molecule has 1 heterocycles. The minimum Gasteiger partial charge on any atom is -0.449 e. The maximum absolute atomic E-state index is 12.6. The second kappa shape index (κ2) is 5.70. The summed E-state index contributed by atoms with van der Waals surface area (Å²) in [6.45, 7) is 2.11. The van der Waals surface area contributed by atoms with Crippen LogP contribution in [0.1, 0.15) is 47.4 Å². The fourth-order valence-electron chi connectivity index (χ4n) is 2.55. The van der Waals surface area contributed by atoms with Gasteiger partial charge in [0.15, 0.2) is 17.3 Å². The first-order valence-corrected chi connectivity index (χ1v) is 7.33. The average Bonchev–Trinajstić information content (AvgIpc) is 3.31. The molecule has 1 unspecified atom stereocenters. The molecule has 0 saturated carbocycles. The smallest absolute Gasteiger partial charge is 0.196 e. The van der Waals surface area contributed by atoms with Crippen LogP contribution in [0.5, 0.6) is 11.5 Å². The molecular weight excluding hydrogens is 264 g/mol. The van der Waals surface area contributed by atoms with E-state index in [9.17, 15) is 9.90 Å². The summed E-state index contributed by atoms with van der Waals surface area (Å²) in [5, 5.41) is 10.3. The van der Waals surface area contributed by atoms with Gasteiger partial charge >= 0.3 is 0 Å². The van der Waals surface area contributed by atoms with Crippen LogP contribution in [0.2, 0.25) is 0 Å².